The minimum Gasteiger partial charge on any atom is -0.491 e. The summed E-state index contributed by atoms with van der Waals surface area (Å²) >= 11 is 0. The Morgan fingerprint density at radius 2 is 2.12 bits per heavy atom. The number of nitrogens with one attached hydrogen (secondary N) is 1. The zero-order chi connectivity index (χ0) is 16.5. The minimum absolute atomic E-state index is 0.108. The average molecular weight is 326 g/mol. The molecule has 126 valence electrons. The summed E-state index contributed by atoms with van der Waals surface area (Å²) in [5, 5.41) is 13.1. The Balaban J connectivity index is 1.75. The Hall–Kier alpha value is -2.34. The first kappa shape index (κ1) is 15.2. The molecule has 0 spiro atoms. The molecule has 1 N–H and O–H groups in total. The van der Waals surface area contributed by atoms with Gasteiger partial charge in [-0.2, -0.15) is 10.2 Å². The number of aromatic nitrogens is 4. The average Bonchev–Trinajstić information content (AvgIpc) is 3.18. The normalized spacial score (nSPS) is 22.1. The molecular weight excluding hydrogens is 304 g/mol. The predicted octanol–water partition coefficient (Wildman–Crippen LogP) is 3.39. The second kappa shape index (κ2) is 6.28. The minimum atomic E-state index is 0.108. The highest BCUT2D eigenvalue weighted by molar-refractivity contribution is 5.93. The molecule has 6 heteroatoms. The van der Waals surface area contributed by atoms with E-state index in [1.807, 2.05) is 35.3 Å². The summed E-state index contributed by atoms with van der Waals surface area (Å²) in [5.41, 5.74) is 2.92. The van der Waals surface area contributed by atoms with Crippen LogP contribution in [0.2, 0.25) is 0 Å². The van der Waals surface area contributed by atoms with E-state index < -0.39 is 0 Å². The lowest BCUT2D eigenvalue weighted by Crippen LogP contribution is -2.18. The van der Waals surface area contributed by atoms with Crippen LogP contribution >= 0.6 is 0 Å². The third-order valence-electron chi connectivity index (χ3n) is 4.47. The molecule has 0 aliphatic carbocycles. The number of aryl methyl sites for hydroxylation is 1. The van der Waals surface area contributed by atoms with Gasteiger partial charge in [-0.15, -0.1) is 0 Å². The van der Waals surface area contributed by atoms with E-state index in [9.17, 15) is 0 Å². The maximum absolute atomic E-state index is 6.05. The van der Waals surface area contributed by atoms with Crippen LogP contribution in [0.1, 0.15) is 26.7 Å². The van der Waals surface area contributed by atoms with Crippen molar-refractivity contribution in [3.8, 4) is 17.0 Å². The van der Waals surface area contributed by atoms with Crippen molar-refractivity contribution < 1.29 is 9.47 Å². The Bertz CT molecular complexity index is 839. The molecule has 0 saturated heterocycles. The van der Waals surface area contributed by atoms with Crippen LogP contribution in [0.5, 0.6) is 5.75 Å². The van der Waals surface area contributed by atoms with Crippen LogP contribution in [0, 0.1) is 0 Å². The van der Waals surface area contributed by atoms with Gasteiger partial charge in [0.1, 0.15) is 11.4 Å². The van der Waals surface area contributed by atoms with Gasteiger partial charge in [0.15, 0.2) is 0 Å². The highest BCUT2D eigenvalue weighted by Crippen LogP contribution is 2.29. The first-order valence-corrected chi connectivity index (χ1v) is 8.48. The first-order chi connectivity index (χ1) is 11.7. The van der Waals surface area contributed by atoms with Crippen molar-refractivity contribution >= 4 is 10.9 Å². The molecule has 0 fully saturated rings. The van der Waals surface area contributed by atoms with E-state index in [0.717, 1.165) is 47.3 Å². The summed E-state index contributed by atoms with van der Waals surface area (Å²) in [6, 6.07) is 6.03. The lowest BCUT2D eigenvalue weighted by atomic mass is 10.1. The lowest BCUT2D eigenvalue weighted by Gasteiger charge is -2.17. The van der Waals surface area contributed by atoms with Crippen LogP contribution in [-0.4, -0.2) is 38.8 Å². The van der Waals surface area contributed by atoms with E-state index in [4.69, 9.17) is 9.47 Å². The molecular formula is C18H22N4O2. The van der Waals surface area contributed by atoms with Crippen molar-refractivity contribution in [3.63, 3.8) is 0 Å². The molecule has 4 bridgehead atoms. The molecule has 2 aromatic heterocycles. The largest absolute Gasteiger partial charge is 0.491 e. The van der Waals surface area contributed by atoms with Gasteiger partial charge in [0, 0.05) is 30.1 Å². The molecule has 3 heterocycles. The first-order valence-electron chi connectivity index (χ1n) is 8.48. The van der Waals surface area contributed by atoms with Gasteiger partial charge >= 0.3 is 0 Å². The molecule has 0 unspecified atom stereocenters. The van der Waals surface area contributed by atoms with E-state index in [0.29, 0.717) is 6.61 Å². The molecule has 1 aromatic carbocycles. The number of rotatable bonds is 0. The van der Waals surface area contributed by atoms with Crippen LogP contribution in [0.25, 0.3) is 22.2 Å². The van der Waals surface area contributed by atoms with E-state index in [2.05, 4.69) is 29.1 Å². The number of hydrogen-bond acceptors (Lipinski definition) is 4. The molecule has 2 atom stereocenters. The Labute approximate surface area is 140 Å². The molecule has 24 heavy (non-hydrogen) atoms. The maximum Gasteiger partial charge on any atom is 0.120 e. The zero-order valence-electron chi connectivity index (χ0n) is 14.0. The second-order valence-corrected chi connectivity index (χ2v) is 6.46. The smallest absolute Gasteiger partial charge is 0.120 e. The highest BCUT2D eigenvalue weighted by Gasteiger charge is 2.14. The molecule has 1 aliphatic rings. The monoisotopic (exact) mass is 326 g/mol. The van der Waals surface area contributed by atoms with Crippen LogP contribution in [0.4, 0.5) is 0 Å². The SMILES string of the molecule is C[C@@H]1CCO[C@@H](C)CCn2cc(cn2)-c2n[nH]c3ccc(cc23)O1. The van der Waals surface area contributed by atoms with Gasteiger partial charge in [-0.25, -0.2) is 0 Å². The van der Waals surface area contributed by atoms with Crippen molar-refractivity contribution in [1.82, 2.24) is 20.0 Å². The summed E-state index contributed by atoms with van der Waals surface area (Å²) in [6.07, 6.45) is 6.01. The molecule has 1 aliphatic heterocycles. The third kappa shape index (κ3) is 3.01. The standard InChI is InChI=1S/C18H22N4O2/c1-12-5-7-22-11-14(10-19-22)18-16-9-15(3-4-17(16)20-21-18)24-13(2)6-8-23-12/h3-4,9-13H,5-8H2,1-2H3,(H,20,21)/t12-,13+/m0/s1. The lowest BCUT2D eigenvalue weighted by molar-refractivity contribution is 0.0386. The summed E-state index contributed by atoms with van der Waals surface area (Å²) in [5.74, 6) is 0.855. The summed E-state index contributed by atoms with van der Waals surface area (Å²) < 4.78 is 13.9. The van der Waals surface area contributed by atoms with Crippen molar-refractivity contribution in [2.75, 3.05) is 6.61 Å². The van der Waals surface area contributed by atoms with Crippen LogP contribution in [0.3, 0.4) is 0 Å². The van der Waals surface area contributed by atoms with Gasteiger partial charge < -0.3 is 9.47 Å². The van der Waals surface area contributed by atoms with E-state index in [-0.39, 0.29) is 12.2 Å². The number of aromatic amines is 1. The quantitative estimate of drug-likeness (QED) is 0.688. The molecule has 0 radical (unpaired) electrons. The molecule has 3 aromatic rings. The van der Waals surface area contributed by atoms with Gasteiger partial charge in [-0.3, -0.25) is 9.78 Å². The number of nitrogens with zero attached hydrogens (tertiary/aromatic N) is 3. The van der Waals surface area contributed by atoms with Gasteiger partial charge in [0.05, 0.1) is 30.5 Å². The van der Waals surface area contributed by atoms with Gasteiger partial charge in [-0.1, -0.05) is 0 Å². The third-order valence-corrected chi connectivity index (χ3v) is 4.47. The number of fused-ring (bicyclic) bond motifs is 4. The fourth-order valence-corrected chi connectivity index (χ4v) is 3.02. The Morgan fingerprint density at radius 3 is 3.04 bits per heavy atom. The van der Waals surface area contributed by atoms with E-state index in [1.165, 1.54) is 0 Å². The molecule has 6 nitrogen and oxygen atoms in total. The fraction of sp³-hybridized carbons (Fsp3) is 0.444. The zero-order valence-corrected chi connectivity index (χ0v) is 14.0. The molecule has 4 rings (SSSR count). The van der Waals surface area contributed by atoms with Crippen molar-refractivity contribution in [2.24, 2.45) is 0 Å². The summed E-state index contributed by atoms with van der Waals surface area (Å²) in [7, 11) is 0. The number of H-pyrrole nitrogens is 1. The van der Waals surface area contributed by atoms with Crippen molar-refractivity contribution in [2.45, 2.75) is 45.4 Å². The molecule has 0 amide bonds. The van der Waals surface area contributed by atoms with Crippen molar-refractivity contribution in [1.29, 1.82) is 0 Å². The van der Waals surface area contributed by atoms with Crippen LogP contribution in [-0.2, 0) is 11.3 Å². The number of ether oxygens (including phenoxy) is 2. The topological polar surface area (TPSA) is 65.0 Å². The van der Waals surface area contributed by atoms with Gasteiger partial charge in [0.2, 0.25) is 0 Å². The van der Waals surface area contributed by atoms with Crippen molar-refractivity contribution in [3.05, 3.63) is 30.6 Å². The van der Waals surface area contributed by atoms with E-state index in [1.54, 1.807) is 0 Å². The Morgan fingerprint density at radius 1 is 1.21 bits per heavy atom. The fourth-order valence-electron chi connectivity index (χ4n) is 3.02. The second-order valence-electron chi connectivity index (χ2n) is 6.46. The number of hydrogen-bond donors (Lipinski definition) is 1. The summed E-state index contributed by atoms with van der Waals surface area (Å²) in [4.78, 5) is 0. The highest BCUT2D eigenvalue weighted by atomic mass is 16.5. The van der Waals surface area contributed by atoms with Crippen LogP contribution < -0.4 is 4.74 Å². The molecule has 0 saturated carbocycles. The van der Waals surface area contributed by atoms with Gasteiger partial charge in [-0.05, 0) is 38.5 Å². The summed E-state index contributed by atoms with van der Waals surface area (Å²) in [6.45, 7) is 5.72. The number of benzene rings is 1. The Kier molecular flexibility index (Phi) is 3.98. The van der Waals surface area contributed by atoms with E-state index >= 15 is 0 Å². The van der Waals surface area contributed by atoms with Crippen LogP contribution in [0.15, 0.2) is 30.6 Å². The maximum atomic E-state index is 6.05. The predicted molar refractivity (Wildman–Crippen MR) is 92.1 cm³/mol. The van der Waals surface area contributed by atoms with Gasteiger partial charge in [0.25, 0.3) is 0 Å².